The fourth-order valence-corrected chi connectivity index (χ4v) is 4.73. The van der Waals surface area contributed by atoms with Crippen molar-refractivity contribution in [3.63, 3.8) is 0 Å². The summed E-state index contributed by atoms with van der Waals surface area (Å²) in [5, 5.41) is 3.27. The lowest BCUT2D eigenvalue weighted by Gasteiger charge is -2.37. The maximum atomic E-state index is 13.5. The maximum Gasteiger partial charge on any atom is 0.355 e. The lowest BCUT2D eigenvalue weighted by Crippen LogP contribution is -2.58. The van der Waals surface area contributed by atoms with E-state index in [2.05, 4.69) is 11.4 Å². The van der Waals surface area contributed by atoms with E-state index in [9.17, 15) is 9.59 Å². The first kappa shape index (κ1) is 16.2. The number of nitrogens with two attached hydrogens (primary N) is 1. The van der Waals surface area contributed by atoms with Crippen LogP contribution >= 0.6 is 0 Å². The zero-order chi connectivity index (χ0) is 18.8. The Balaban J connectivity index is 1.81. The Morgan fingerprint density at radius 2 is 1.96 bits per heavy atom. The van der Waals surface area contributed by atoms with Gasteiger partial charge in [0.15, 0.2) is 0 Å². The lowest BCUT2D eigenvalue weighted by atomic mass is 9.86. The van der Waals surface area contributed by atoms with Crippen LogP contribution in [0.2, 0.25) is 0 Å². The fourth-order valence-electron chi connectivity index (χ4n) is 4.73. The molecule has 3 N–H and O–H groups in total. The van der Waals surface area contributed by atoms with E-state index in [1.165, 1.54) is 10.1 Å². The summed E-state index contributed by atoms with van der Waals surface area (Å²) in [7, 11) is 1.88. The van der Waals surface area contributed by atoms with Crippen LogP contribution in [-0.4, -0.2) is 38.1 Å². The molecule has 2 atom stereocenters. The molecule has 2 aromatic rings. The van der Waals surface area contributed by atoms with Gasteiger partial charge in [-0.05, 0) is 43.0 Å². The molecule has 3 heterocycles. The van der Waals surface area contributed by atoms with Crippen LogP contribution in [0.25, 0.3) is 5.69 Å². The van der Waals surface area contributed by atoms with Crippen molar-refractivity contribution >= 4 is 5.96 Å². The van der Waals surface area contributed by atoms with Gasteiger partial charge in [0.05, 0.1) is 18.8 Å². The second-order valence-electron chi connectivity index (χ2n) is 7.66. The highest BCUT2D eigenvalue weighted by atomic mass is 16.2. The summed E-state index contributed by atoms with van der Waals surface area (Å²) in [6, 6.07) is 9.03. The molecule has 8 heteroatoms. The number of guanidine groups is 1. The molecule has 27 heavy (non-hydrogen) atoms. The second kappa shape index (κ2) is 5.48. The summed E-state index contributed by atoms with van der Waals surface area (Å²) in [5.74, 6) is 0.500. The van der Waals surface area contributed by atoms with Crippen LogP contribution in [0, 0.1) is 0 Å². The van der Waals surface area contributed by atoms with Gasteiger partial charge in [0.1, 0.15) is 6.54 Å². The van der Waals surface area contributed by atoms with E-state index in [0.29, 0.717) is 18.2 Å². The highest BCUT2D eigenvalue weighted by molar-refractivity contribution is 5.75. The average molecular weight is 367 g/mol. The molecule has 0 radical (unpaired) electrons. The molecule has 1 aromatic carbocycles. The number of likely N-dealkylation sites (N-methyl/N-ethyl adjacent to an activating group) is 1. The number of allylic oxidation sites excluding steroid dienone is 1. The molecule has 3 aliphatic rings. The first-order chi connectivity index (χ1) is 13.0. The third kappa shape index (κ3) is 2.12. The molecule has 1 aliphatic carbocycles. The molecule has 0 bridgehead atoms. The standard InChI is InChI=1S/C19H22N6O2/c1-22-12-19(21-16(22)20)11-13-7-5-6-10-15(13)24-17(26)23(18(27)25(19)24)14-8-3-2-4-9-14/h2-4,8-9,11,15H,5-7,10,12H2,1H3,(H2,20,21)/p+1/t15?,19-/m1/s1. The van der Waals surface area contributed by atoms with Gasteiger partial charge in [-0.1, -0.05) is 24.6 Å². The summed E-state index contributed by atoms with van der Waals surface area (Å²) < 4.78 is 6.38. The molecule has 5 rings (SSSR count). The van der Waals surface area contributed by atoms with Crippen LogP contribution in [0.1, 0.15) is 31.7 Å². The van der Waals surface area contributed by atoms with Crippen molar-refractivity contribution < 1.29 is 4.58 Å². The Labute approximate surface area is 155 Å². The van der Waals surface area contributed by atoms with Crippen molar-refractivity contribution in [1.29, 1.82) is 0 Å². The van der Waals surface area contributed by atoms with Crippen LogP contribution in [0.5, 0.6) is 0 Å². The van der Waals surface area contributed by atoms with Gasteiger partial charge in [-0.25, -0.2) is 24.2 Å². The molecule has 0 saturated heterocycles. The maximum absolute atomic E-state index is 13.5. The Morgan fingerprint density at radius 1 is 1.19 bits per heavy atom. The highest BCUT2D eigenvalue weighted by Gasteiger charge is 2.50. The van der Waals surface area contributed by atoms with Crippen molar-refractivity contribution in [2.24, 2.45) is 5.73 Å². The van der Waals surface area contributed by atoms with Gasteiger partial charge in [-0.3, -0.25) is 10.3 Å². The van der Waals surface area contributed by atoms with Gasteiger partial charge >= 0.3 is 17.3 Å². The molecule has 1 spiro atoms. The van der Waals surface area contributed by atoms with Crippen LogP contribution < -0.4 is 22.4 Å². The minimum Gasteiger partial charge on any atom is -0.291 e. The first-order valence-electron chi connectivity index (χ1n) is 9.38. The molecular formula is C19H23N6O2+. The molecule has 1 saturated carbocycles. The number of fused-ring (bicyclic) bond motifs is 4. The summed E-state index contributed by atoms with van der Waals surface area (Å²) in [6.07, 6.45) is 6.09. The molecule has 0 amide bonds. The van der Waals surface area contributed by atoms with Gasteiger partial charge in [-0.2, -0.15) is 4.68 Å². The minimum atomic E-state index is -0.835. The molecule has 1 fully saturated rings. The number of benzene rings is 1. The molecule has 8 nitrogen and oxygen atoms in total. The highest BCUT2D eigenvalue weighted by Crippen LogP contribution is 2.38. The first-order valence-corrected chi connectivity index (χ1v) is 9.38. The van der Waals surface area contributed by atoms with E-state index < -0.39 is 5.66 Å². The monoisotopic (exact) mass is 367 g/mol. The Bertz CT molecular complexity index is 1090. The number of nitrogens with one attached hydrogen (secondary N) is 1. The Kier molecular flexibility index (Phi) is 3.28. The van der Waals surface area contributed by atoms with Crippen molar-refractivity contribution in [3.05, 3.63) is 62.9 Å². The average Bonchev–Trinajstić information content (AvgIpc) is 3.10. The molecule has 140 valence electrons. The third-order valence-electron chi connectivity index (χ3n) is 5.94. The van der Waals surface area contributed by atoms with Crippen molar-refractivity contribution in [1.82, 2.24) is 19.2 Å². The van der Waals surface area contributed by atoms with E-state index in [0.717, 1.165) is 25.7 Å². The predicted molar refractivity (Wildman–Crippen MR) is 101 cm³/mol. The number of hydrogen-bond donors (Lipinski definition) is 2. The lowest BCUT2D eigenvalue weighted by molar-refractivity contribution is -0.498. The minimum absolute atomic E-state index is 0.0662. The third-order valence-corrected chi connectivity index (χ3v) is 5.94. The fraction of sp³-hybridized carbons (Fsp3) is 0.421. The Hall–Kier alpha value is -3.03. The summed E-state index contributed by atoms with van der Waals surface area (Å²) >= 11 is 0. The number of hydrogen-bond acceptors (Lipinski definition) is 4. The molecule has 1 aromatic heterocycles. The number of nitrogens with zero attached hydrogens (tertiary/aromatic N) is 4. The van der Waals surface area contributed by atoms with E-state index in [4.69, 9.17) is 5.73 Å². The quantitative estimate of drug-likeness (QED) is 0.551. The van der Waals surface area contributed by atoms with Crippen LogP contribution in [0.4, 0.5) is 0 Å². The van der Waals surface area contributed by atoms with Crippen molar-refractivity contribution in [3.8, 4) is 5.69 Å². The zero-order valence-electron chi connectivity index (χ0n) is 15.3. The number of para-hydroxylation sites is 1. The number of rotatable bonds is 1. The van der Waals surface area contributed by atoms with Crippen molar-refractivity contribution in [2.75, 3.05) is 13.6 Å². The zero-order valence-corrected chi connectivity index (χ0v) is 15.3. The Morgan fingerprint density at radius 3 is 2.67 bits per heavy atom. The second-order valence-corrected chi connectivity index (χ2v) is 7.66. The predicted octanol–water partition coefficient (Wildman–Crippen LogP) is 0.0688. The molecule has 2 aliphatic heterocycles. The van der Waals surface area contributed by atoms with Crippen molar-refractivity contribution in [2.45, 2.75) is 37.4 Å². The summed E-state index contributed by atoms with van der Waals surface area (Å²) in [5.41, 5.74) is 6.43. The largest absolute Gasteiger partial charge is 0.355 e. The van der Waals surface area contributed by atoms with Crippen LogP contribution in [0.3, 0.4) is 0 Å². The number of aromatic nitrogens is 3. The van der Waals surface area contributed by atoms with Gasteiger partial charge in [0.2, 0.25) is 5.66 Å². The normalized spacial score (nSPS) is 26.6. The van der Waals surface area contributed by atoms with Gasteiger partial charge in [0.25, 0.3) is 0 Å². The van der Waals surface area contributed by atoms with Gasteiger partial charge in [-0.15, -0.1) is 0 Å². The molecular weight excluding hydrogens is 344 g/mol. The topological polar surface area (TPSA) is 90.0 Å². The smallest absolute Gasteiger partial charge is 0.291 e. The van der Waals surface area contributed by atoms with E-state index in [-0.39, 0.29) is 17.4 Å². The summed E-state index contributed by atoms with van der Waals surface area (Å²) in [4.78, 5) is 26.8. The van der Waals surface area contributed by atoms with Gasteiger partial charge < -0.3 is 0 Å². The molecule has 1 unspecified atom stereocenters. The van der Waals surface area contributed by atoms with Crippen LogP contribution in [0.15, 0.2) is 51.6 Å². The van der Waals surface area contributed by atoms with E-state index in [1.54, 1.807) is 21.5 Å². The van der Waals surface area contributed by atoms with Gasteiger partial charge in [0, 0.05) is 0 Å². The van der Waals surface area contributed by atoms with E-state index in [1.807, 2.05) is 29.8 Å². The summed E-state index contributed by atoms with van der Waals surface area (Å²) in [6.45, 7) is 0.493. The SMILES string of the molecule is C[N+]1=C(N)N[C@@]2(C=C3CCCCC3n3c(=O)n(-c4ccccc4)c(=O)n32)C1. The van der Waals surface area contributed by atoms with Crippen LogP contribution in [-0.2, 0) is 5.66 Å². The van der Waals surface area contributed by atoms with E-state index >= 15 is 0 Å².